The van der Waals surface area contributed by atoms with Gasteiger partial charge >= 0.3 is 0 Å². The zero-order valence-corrected chi connectivity index (χ0v) is 18.1. The number of ether oxygens (including phenoxy) is 2. The minimum absolute atomic E-state index is 0.145. The van der Waals surface area contributed by atoms with Crippen molar-refractivity contribution in [2.75, 3.05) is 32.6 Å². The summed E-state index contributed by atoms with van der Waals surface area (Å²) in [6.45, 7) is 1.18. The Kier molecular flexibility index (Phi) is 6.11. The summed E-state index contributed by atoms with van der Waals surface area (Å²) in [5, 5.41) is 3.43. The number of anilines is 1. The van der Waals surface area contributed by atoms with Crippen LogP contribution in [0.1, 0.15) is 23.2 Å². The van der Waals surface area contributed by atoms with Crippen LogP contribution in [0.5, 0.6) is 11.5 Å². The highest BCUT2D eigenvalue weighted by molar-refractivity contribution is 6.06. The lowest BCUT2D eigenvalue weighted by Crippen LogP contribution is -2.32. The highest BCUT2D eigenvalue weighted by Crippen LogP contribution is 2.29. The average molecular weight is 435 g/mol. The number of carbonyl (C=O) groups excluding carboxylic acids is 2. The largest absolute Gasteiger partial charge is 0.497 e. The zero-order chi connectivity index (χ0) is 22.7. The molecule has 2 aromatic carbocycles. The topological polar surface area (TPSA) is 89.9 Å². The number of fused-ring (bicyclic) bond motifs is 1. The fourth-order valence-electron chi connectivity index (χ4n) is 4.01. The summed E-state index contributed by atoms with van der Waals surface area (Å²) in [6, 6.07) is 13.5. The van der Waals surface area contributed by atoms with E-state index in [9.17, 15) is 14.4 Å². The zero-order valence-electron chi connectivity index (χ0n) is 18.1. The summed E-state index contributed by atoms with van der Waals surface area (Å²) >= 11 is 0. The maximum Gasteiger partial charge on any atom is 0.254 e. The molecule has 0 aliphatic carbocycles. The van der Waals surface area contributed by atoms with Gasteiger partial charge in [0, 0.05) is 30.6 Å². The fourth-order valence-corrected chi connectivity index (χ4v) is 4.01. The Bertz CT molecular complexity index is 1230. The SMILES string of the molecule is COc1ccc(OC)c(NC(=O)Cn2c(=O)cc(C(=O)N3CCCC3)c3ccccc32)c1. The van der Waals surface area contributed by atoms with Gasteiger partial charge in [-0.3, -0.25) is 19.0 Å². The molecule has 1 aromatic heterocycles. The molecule has 2 heterocycles. The van der Waals surface area contributed by atoms with Crippen molar-refractivity contribution >= 4 is 28.4 Å². The van der Waals surface area contributed by atoms with Gasteiger partial charge in [-0.15, -0.1) is 0 Å². The van der Waals surface area contributed by atoms with E-state index in [0.29, 0.717) is 46.7 Å². The number of rotatable bonds is 6. The van der Waals surface area contributed by atoms with Gasteiger partial charge < -0.3 is 19.7 Å². The summed E-state index contributed by atoms with van der Waals surface area (Å²) in [4.78, 5) is 40.5. The normalized spacial score (nSPS) is 13.2. The number of pyridine rings is 1. The number of carbonyl (C=O) groups is 2. The monoisotopic (exact) mass is 435 g/mol. The number of methoxy groups -OCH3 is 2. The third kappa shape index (κ3) is 4.16. The van der Waals surface area contributed by atoms with Crippen LogP contribution in [0.2, 0.25) is 0 Å². The molecule has 32 heavy (non-hydrogen) atoms. The molecule has 0 saturated carbocycles. The number of amides is 2. The predicted molar refractivity (Wildman–Crippen MR) is 122 cm³/mol. The van der Waals surface area contributed by atoms with E-state index < -0.39 is 11.5 Å². The second-order valence-corrected chi connectivity index (χ2v) is 7.61. The molecular formula is C24H25N3O5. The van der Waals surface area contributed by atoms with Crippen LogP contribution in [0.4, 0.5) is 5.69 Å². The van der Waals surface area contributed by atoms with E-state index in [0.717, 1.165) is 12.8 Å². The first-order valence-corrected chi connectivity index (χ1v) is 10.5. The van der Waals surface area contributed by atoms with Gasteiger partial charge in [-0.05, 0) is 31.0 Å². The van der Waals surface area contributed by atoms with E-state index in [4.69, 9.17) is 9.47 Å². The number of para-hydroxylation sites is 1. The van der Waals surface area contributed by atoms with Crippen molar-refractivity contribution < 1.29 is 19.1 Å². The third-order valence-corrected chi connectivity index (χ3v) is 5.62. The lowest BCUT2D eigenvalue weighted by molar-refractivity contribution is -0.116. The van der Waals surface area contributed by atoms with Crippen LogP contribution in [-0.2, 0) is 11.3 Å². The maximum absolute atomic E-state index is 13.0. The van der Waals surface area contributed by atoms with E-state index in [1.54, 1.807) is 41.3 Å². The van der Waals surface area contributed by atoms with Gasteiger partial charge in [-0.2, -0.15) is 0 Å². The second-order valence-electron chi connectivity index (χ2n) is 7.61. The summed E-state index contributed by atoms with van der Waals surface area (Å²) in [5.74, 6) is 0.493. The van der Waals surface area contributed by atoms with Crippen LogP contribution in [0.25, 0.3) is 10.9 Å². The smallest absolute Gasteiger partial charge is 0.254 e. The van der Waals surface area contributed by atoms with Gasteiger partial charge in [-0.25, -0.2) is 0 Å². The molecule has 3 aromatic rings. The Morgan fingerprint density at radius 2 is 1.75 bits per heavy atom. The van der Waals surface area contributed by atoms with E-state index in [-0.39, 0.29) is 12.5 Å². The van der Waals surface area contributed by atoms with E-state index in [2.05, 4.69) is 5.32 Å². The lowest BCUT2D eigenvalue weighted by atomic mass is 10.1. The van der Waals surface area contributed by atoms with Crippen molar-refractivity contribution in [2.24, 2.45) is 0 Å². The molecule has 8 nitrogen and oxygen atoms in total. The quantitative estimate of drug-likeness (QED) is 0.643. The minimum atomic E-state index is -0.404. The van der Waals surface area contributed by atoms with Crippen LogP contribution in [-0.4, -0.2) is 48.6 Å². The summed E-state index contributed by atoms with van der Waals surface area (Å²) < 4.78 is 11.9. The van der Waals surface area contributed by atoms with Crippen LogP contribution >= 0.6 is 0 Å². The minimum Gasteiger partial charge on any atom is -0.497 e. The molecule has 0 atom stereocenters. The van der Waals surface area contributed by atoms with Crippen molar-refractivity contribution in [3.8, 4) is 11.5 Å². The molecule has 1 aliphatic heterocycles. The average Bonchev–Trinajstić information content (AvgIpc) is 3.35. The van der Waals surface area contributed by atoms with Gasteiger partial charge in [0.15, 0.2) is 0 Å². The van der Waals surface area contributed by atoms with Crippen LogP contribution in [0.15, 0.2) is 53.3 Å². The van der Waals surface area contributed by atoms with Gasteiger partial charge in [0.05, 0.1) is 31.0 Å². The first-order valence-electron chi connectivity index (χ1n) is 10.5. The molecule has 0 radical (unpaired) electrons. The molecular weight excluding hydrogens is 410 g/mol. The number of aromatic nitrogens is 1. The fraction of sp³-hybridized carbons (Fsp3) is 0.292. The number of hydrogen-bond donors (Lipinski definition) is 1. The Labute approximate surface area is 185 Å². The molecule has 0 unspecified atom stereocenters. The van der Waals surface area contributed by atoms with E-state index >= 15 is 0 Å². The third-order valence-electron chi connectivity index (χ3n) is 5.62. The molecule has 0 bridgehead atoms. The van der Waals surface area contributed by atoms with Gasteiger partial charge in [-0.1, -0.05) is 18.2 Å². The molecule has 1 aliphatic rings. The van der Waals surface area contributed by atoms with Gasteiger partial charge in [0.25, 0.3) is 11.5 Å². The first kappa shape index (κ1) is 21.4. The van der Waals surface area contributed by atoms with Crippen molar-refractivity contribution in [1.29, 1.82) is 0 Å². The number of benzene rings is 2. The standard InChI is InChI=1S/C24H25N3O5/c1-31-16-9-10-21(32-2)19(13-16)25-22(28)15-27-20-8-4-3-7-17(20)18(14-23(27)29)24(30)26-11-5-6-12-26/h3-4,7-10,13-14H,5-6,11-12,15H2,1-2H3,(H,25,28). The predicted octanol–water partition coefficient (Wildman–Crippen LogP) is 2.89. The number of hydrogen-bond acceptors (Lipinski definition) is 5. The van der Waals surface area contributed by atoms with Crippen molar-refractivity contribution in [2.45, 2.75) is 19.4 Å². The molecule has 2 amide bonds. The number of nitrogens with zero attached hydrogens (tertiary/aromatic N) is 2. The van der Waals surface area contributed by atoms with E-state index in [1.165, 1.54) is 24.9 Å². The Hall–Kier alpha value is -3.81. The number of nitrogens with one attached hydrogen (secondary N) is 1. The lowest BCUT2D eigenvalue weighted by Gasteiger charge is -2.18. The van der Waals surface area contributed by atoms with E-state index in [1.807, 2.05) is 6.07 Å². The van der Waals surface area contributed by atoms with Crippen molar-refractivity contribution in [1.82, 2.24) is 9.47 Å². The Morgan fingerprint density at radius 3 is 2.47 bits per heavy atom. The summed E-state index contributed by atoms with van der Waals surface area (Å²) in [6.07, 6.45) is 1.93. The van der Waals surface area contributed by atoms with Gasteiger partial charge in [0.1, 0.15) is 18.0 Å². The van der Waals surface area contributed by atoms with Crippen LogP contribution in [0, 0.1) is 0 Å². The van der Waals surface area contributed by atoms with Crippen LogP contribution in [0.3, 0.4) is 0 Å². The summed E-state index contributed by atoms with van der Waals surface area (Å²) in [5.41, 5.74) is 0.947. The van der Waals surface area contributed by atoms with Crippen molar-refractivity contribution in [3.63, 3.8) is 0 Å². The molecule has 1 N–H and O–H groups in total. The van der Waals surface area contributed by atoms with Gasteiger partial charge in [0.2, 0.25) is 5.91 Å². The Balaban J connectivity index is 1.66. The molecule has 8 heteroatoms. The molecule has 1 saturated heterocycles. The second kappa shape index (κ2) is 9.13. The molecule has 4 rings (SSSR count). The first-order chi connectivity index (χ1) is 15.5. The number of likely N-dealkylation sites (tertiary alicyclic amines) is 1. The van der Waals surface area contributed by atoms with Crippen molar-refractivity contribution in [3.05, 3.63) is 64.4 Å². The maximum atomic E-state index is 13.0. The summed E-state index contributed by atoms with van der Waals surface area (Å²) in [7, 11) is 3.04. The molecule has 1 fully saturated rings. The van der Waals surface area contributed by atoms with Crippen LogP contribution < -0.4 is 20.3 Å². The highest BCUT2D eigenvalue weighted by Gasteiger charge is 2.23. The molecule has 166 valence electrons. The Morgan fingerprint density at radius 1 is 1.00 bits per heavy atom. The highest BCUT2D eigenvalue weighted by atomic mass is 16.5. The molecule has 0 spiro atoms.